The zero-order valence-corrected chi connectivity index (χ0v) is 39.6. The number of rotatable bonds is 26. The van der Waals surface area contributed by atoms with Crippen LogP contribution in [0.15, 0.2) is 97.1 Å². The molecule has 0 aliphatic heterocycles. The minimum atomic E-state index is -1.63. The van der Waals surface area contributed by atoms with Gasteiger partial charge in [-0.25, -0.2) is 67.1 Å². The van der Waals surface area contributed by atoms with E-state index in [1.807, 2.05) is 0 Å². The minimum Gasteiger partial charge on any atom is -0.478 e. The molecule has 4 aromatic carbocycles. The van der Waals surface area contributed by atoms with Gasteiger partial charge >= 0.3 is 83.6 Å². The van der Waals surface area contributed by atoms with Gasteiger partial charge in [0.25, 0.3) is 0 Å². The zero-order chi connectivity index (χ0) is 58.9. The molecule has 4 rings (SSSR count). The van der Waals surface area contributed by atoms with E-state index in [4.69, 9.17) is 49.6 Å². The Labute approximate surface area is 434 Å². The normalized spacial score (nSPS) is 11.1. The molecule has 0 aliphatic carbocycles. The van der Waals surface area contributed by atoms with E-state index < -0.39 is 153 Å². The van der Waals surface area contributed by atoms with E-state index in [9.17, 15) is 87.5 Å². The highest BCUT2D eigenvalue weighted by Crippen LogP contribution is 2.21. The number of ether oxygens (including phenoxy) is 4. The number of benzene rings is 4. The smallest absolute Gasteiger partial charge is 0.338 e. The molecule has 0 amide bonds. The van der Waals surface area contributed by atoms with Gasteiger partial charge in [-0.3, -0.25) is 0 Å². The molecule has 0 saturated heterocycles. The summed E-state index contributed by atoms with van der Waals surface area (Å²) >= 11 is 0. The van der Waals surface area contributed by atoms with Crippen LogP contribution >= 0.6 is 0 Å². The van der Waals surface area contributed by atoms with Gasteiger partial charge in [-0.1, -0.05) is 13.2 Å². The highest BCUT2D eigenvalue weighted by atomic mass is 16.6. The average Bonchev–Trinajstić information content (AvgIpc) is 3.38. The van der Waals surface area contributed by atoms with E-state index in [-0.39, 0.29) is 59.1 Å². The van der Waals surface area contributed by atoms with Crippen LogP contribution in [0.25, 0.3) is 0 Å². The van der Waals surface area contributed by atoms with Gasteiger partial charge in [0.15, 0.2) is 0 Å². The van der Waals surface area contributed by atoms with Gasteiger partial charge in [0, 0.05) is 11.1 Å². The minimum absolute atomic E-state index is 0.221. The van der Waals surface area contributed by atoms with Crippen molar-refractivity contribution in [2.45, 2.75) is 37.9 Å². The van der Waals surface area contributed by atoms with E-state index in [0.717, 1.165) is 72.8 Å². The highest BCUT2D eigenvalue weighted by molar-refractivity contribution is 6.07. The maximum absolute atomic E-state index is 12.7. The van der Waals surface area contributed by atoms with Crippen molar-refractivity contribution < 1.29 is 137 Å². The summed E-state index contributed by atoms with van der Waals surface area (Å²) in [7, 11) is 0. The number of hydrogen-bond acceptors (Lipinski definition) is 18. The Morgan fingerprint density at radius 1 is 0.333 bits per heavy atom. The van der Waals surface area contributed by atoms with Crippen LogP contribution in [0.1, 0.15) is 150 Å². The molecule has 0 fully saturated rings. The van der Waals surface area contributed by atoms with Crippen molar-refractivity contribution in [2.24, 2.45) is 0 Å². The van der Waals surface area contributed by atoms with Gasteiger partial charge in [-0.2, -0.15) is 0 Å². The summed E-state index contributed by atoms with van der Waals surface area (Å²) in [6.07, 6.45) is -3.49. The predicted octanol–water partition coefficient (Wildman–Crippen LogP) is 4.57. The zero-order valence-electron chi connectivity index (χ0n) is 39.6. The second kappa shape index (κ2) is 27.3. The molecule has 78 heavy (non-hydrogen) atoms. The molecule has 408 valence electrons. The standard InChI is InChI=1S/2C25H20O14/c2*1-11(19(26)27)2-5-14(39-25(37)13-4-7-16(21(30)31)18(9-13)23(34)35)10-38-24(36)12-3-6-15(20(28)29)17(8-12)22(32)33/h2*3-4,6-9,14H,1-2,5,10H2,(H,26,27)(H,28,29)(H,30,31)(H,32,33)(H,34,35). The summed E-state index contributed by atoms with van der Waals surface area (Å²) in [6.45, 7) is 5.35. The Kier molecular flexibility index (Phi) is 21.4. The fourth-order valence-corrected chi connectivity index (χ4v) is 6.32. The quantitative estimate of drug-likeness (QED) is 0.0234. The second-order valence-corrected chi connectivity index (χ2v) is 15.6. The molecule has 10 N–H and O–H groups in total. The van der Waals surface area contributed by atoms with E-state index >= 15 is 0 Å². The molecule has 28 nitrogen and oxygen atoms in total. The van der Waals surface area contributed by atoms with E-state index in [2.05, 4.69) is 13.2 Å². The van der Waals surface area contributed by atoms with Crippen LogP contribution in [0.4, 0.5) is 0 Å². The maximum Gasteiger partial charge on any atom is 0.338 e. The number of carboxylic acids is 10. The maximum atomic E-state index is 12.7. The van der Waals surface area contributed by atoms with Crippen LogP contribution in [0.2, 0.25) is 0 Å². The second-order valence-electron chi connectivity index (χ2n) is 15.6. The highest BCUT2D eigenvalue weighted by Gasteiger charge is 2.27. The first-order chi connectivity index (χ1) is 36.4. The van der Waals surface area contributed by atoms with Crippen molar-refractivity contribution in [2.75, 3.05) is 13.2 Å². The molecule has 0 aromatic heterocycles. The molecule has 2 atom stereocenters. The lowest BCUT2D eigenvalue weighted by Gasteiger charge is -2.18. The number of aliphatic carboxylic acids is 2. The Hall–Kier alpha value is -11.1. The van der Waals surface area contributed by atoms with Crippen molar-refractivity contribution >= 4 is 83.6 Å². The Morgan fingerprint density at radius 2 is 0.551 bits per heavy atom. The summed E-state index contributed by atoms with van der Waals surface area (Å²) in [5.41, 5.74) is -7.02. The van der Waals surface area contributed by atoms with Crippen molar-refractivity contribution in [3.63, 3.8) is 0 Å². The predicted molar refractivity (Wildman–Crippen MR) is 252 cm³/mol. The summed E-state index contributed by atoms with van der Waals surface area (Å²) < 4.78 is 20.6. The number of aromatic carboxylic acids is 8. The van der Waals surface area contributed by atoms with Crippen molar-refractivity contribution in [1.82, 2.24) is 0 Å². The number of carbonyl (C=O) groups is 14. The first-order valence-electron chi connectivity index (χ1n) is 21.5. The van der Waals surface area contributed by atoms with E-state index in [1.165, 1.54) is 0 Å². The third kappa shape index (κ3) is 17.0. The van der Waals surface area contributed by atoms with Crippen molar-refractivity contribution in [3.05, 3.63) is 164 Å². The van der Waals surface area contributed by atoms with Crippen LogP contribution in [0, 0.1) is 0 Å². The summed E-state index contributed by atoms with van der Waals surface area (Å²) in [5.74, 6) is -19.9. The first kappa shape index (κ1) is 61.2. The van der Waals surface area contributed by atoms with Gasteiger partial charge in [-0.05, 0) is 98.5 Å². The molecule has 2 unspecified atom stereocenters. The lowest BCUT2D eigenvalue weighted by molar-refractivity contribution is -0.133. The van der Waals surface area contributed by atoms with Gasteiger partial charge in [0.2, 0.25) is 0 Å². The Balaban J connectivity index is 0.000000410. The summed E-state index contributed by atoms with van der Waals surface area (Å²) in [5, 5.41) is 91.4. The molecular formula is C50H40O28. The summed E-state index contributed by atoms with van der Waals surface area (Å²) in [6, 6.07) is 10.6. The molecule has 4 aromatic rings. The van der Waals surface area contributed by atoms with Crippen LogP contribution in [-0.4, -0.2) is 160 Å². The third-order valence-electron chi connectivity index (χ3n) is 10.4. The van der Waals surface area contributed by atoms with Gasteiger partial charge in [0.1, 0.15) is 25.4 Å². The van der Waals surface area contributed by atoms with Crippen LogP contribution < -0.4 is 0 Å². The van der Waals surface area contributed by atoms with Crippen molar-refractivity contribution in [1.29, 1.82) is 0 Å². The Morgan fingerprint density at radius 3 is 0.756 bits per heavy atom. The van der Waals surface area contributed by atoms with Gasteiger partial charge < -0.3 is 70.0 Å². The third-order valence-corrected chi connectivity index (χ3v) is 10.4. The van der Waals surface area contributed by atoms with Crippen LogP contribution in [-0.2, 0) is 28.5 Å². The van der Waals surface area contributed by atoms with Crippen molar-refractivity contribution in [3.8, 4) is 0 Å². The largest absolute Gasteiger partial charge is 0.478 e. The fraction of sp³-hybridized carbons (Fsp3) is 0.160. The van der Waals surface area contributed by atoms with Crippen LogP contribution in [0.5, 0.6) is 0 Å². The topological polar surface area (TPSA) is 478 Å². The summed E-state index contributed by atoms with van der Waals surface area (Å²) in [4.78, 5) is 163. The van der Waals surface area contributed by atoms with Crippen LogP contribution in [0.3, 0.4) is 0 Å². The van der Waals surface area contributed by atoms with Gasteiger partial charge in [0.05, 0.1) is 66.8 Å². The SMILES string of the molecule is C=C(CCC(COC(=O)c1ccc(C(=O)O)c(C(=O)O)c1)OC(=O)c1ccc(C(=O)O)c(C(=O)O)c1)C(=O)O.C=C(CCC(COC(=O)c1ccc(C(=O)O)c(C(=O)O)c1)OC(=O)c1ccc(C(=O)O)c(C(=O)O)c1)C(=O)O. The van der Waals surface area contributed by atoms with Gasteiger partial charge in [-0.15, -0.1) is 0 Å². The molecule has 0 radical (unpaired) electrons. The molecule has 0 bridgehead atoms. The lowest BCUT2D eigenvalue weighted by Crippen LogP contribution is -2.26. The van der Waals surface area contributed by atoms with E-state index in [0.29, 0.717) is 0 Å². The average molecular weight is 1090 g/mol. The molecular weight excluding hydrogens is 1050 g/mol. The number of esters is 4. The monoisotopic (exact) mass is 1090 g/mol. The molecule has 0 saturated carbocycles. The molecule has 28 heteroatoms. The number of hydrogen-bond donors (Lipinski definition) is 10. The molecule has 0 aliphatic rings. The lowest BCUT2D eigenvalue weighted by atomic mass is 10.0. The number of carbonyl (C=O) groups excluding carboxylic acids is 4. The molecule has 0 heterocycles. The van der Waals surface area contributed by atoms with E-state index in [1.54, 1.807) is 0 Å². The first-order valence-corrected chi connectivity index (χ1v) is 21.5. The Bertz CT molecular complexity index is 2990. The fourth-order valence-electron chi connectivity index (χ4n) is 6.32. The molecule has 0 spiro atoms. The number of carboxylic acid groups (broad SMARTS) is 10.